The number of aliphatic carboxylic acids is 1. The van der Waals surface area contributed by atoms with Gasteiger partial charge in [0.2, 0.25) is 0 Å². The predicted molar refractivity (Wildman–Crippen MR) is 110 cm³/mol. The number of hydrogen-bond acceptors (Lipinski definition) is 5. The SMILES string of the molecule is COc1ccc(-n2cccn2)cc1CNC1CCc2n[nH]c(C)c2C1.O=C(O)C(F)(F)F. The Balaban J connectivity index is 0.000000360. The van der Waals surface area contributed by atoms with E-state index in [4.69, 9.17) is 14.6 Å². The summed E-state index contributed by atoms with van der Waals surface area (Å²) >= 11 is 0. The highest BCUT2D eigenvalue weighted by molar-refractivity contribution is 5.73. The molecule has 1 aliphatic carbocycles. The van der Waals surface area contributed by atoms with E-state index >= 15 is 0 Å². The van der Waals surface area contributed by atoms with Crippen LogP contribution in [0.3, 0.4) is 0 Å². The van der Waals surface area contributed by atoms with Crippen molar-refractivity contribution in [3.63, 3.8) is 0 Å². The zero-order valence-corrected chi connectivity index (χ0v) is 17.6. The fourth-order valence-corrected chi connectivity index (χ4v) is 3.54. The average Bonchev–Trinajstić information content (AvgIpc) is 3.42. The summed E-state index contributed by atoms with van der Waals surface area (Å²) in [7, 11) is 1.72. The highest BCUT2D eigenvalue weighted by atomic mass is 19.4. The minimum absolute atomic E-state index is 0.460. The molecule has 2 heterocycles. The van der Waals surface area contributed by atoms with E-state index < -0.39 is 12.1 Å². The number of H-pyrrole nitrogens is 1. The normalized spacial score (nSPS) is 15.5. The number of benzene rings is 1. The lowest BCUT2D eigenvalue weighted by molar-refractivity contribution is -0.192. The van der Waals surface area contributed by atoms with Gasteiger partial charge in [-0.1, -0.05) is 0 Å². The van der Waals surface area contributed by atoms with Gasteiger partial charge in [0, 0.05) is 36.2 Å². The highest BCUT2D eigenvalue weighted by Crippen LogP contribution is 2.25. The molecule has 0 saturated heterocycles. The van der Waals surface area contributed by atoms with E-state index in [-0.39, 0.29) is 0 Å². The first-order valence-corrected chi connectivity index (χ1v) is 9.92. The minimum atomic E-state index is -5.08. The molecule has 3 aromatic rings. The average molecular weight is 451 g/mol. The van der Waals surface area contributed by atoms with E-state index in [1.807, 2.05) is 29.1 Å². The van der Waals surface area contributed by atoms with Crippen LogP contribution in [0.15, 0.2) is 36.7 Å². The molecule has 0 amide bonds. The Morgan fingerprint density at radius 3 is 2.78 bits per heavy atom. The molecule has 1 unspecified atom stereocenters. The first-order chi connectivity index (χ1) is 15.2. The van der Waals surface area contributed by atoms with Crippen molar-refractivity contribution in [2.45, 2.75) is 44.9 Å². The van der Waals surface area contributed by atoms with Crippen molar-refractivity contribution in [3.8, 4) is 11.4 Å². The van der Waals surface area contributed by atoms with Gasteiger partial charge in [0.15, 0.2) is 0 Å². The quantitative estimate of drug-likeness (QED) is 0.550. The number of aromatic nitrogens is 4. The molecule has 0 spiro atoms. The lowest BCUT2D eigenvalue weighted by Gasteiger charge is -2.24. The molecule has 11 heteroatoms. The summed E-state index contributed by atoms with van der Waals surface area (Å²) < 4.78 is 39.1. The Morgan fingerprint density at radius 2 is 2.16 bits per heavy atom. The van der Waals surface area contributed by atoms with E-state index in [1.54, 1.807) is 13.3 Å². The molecule has 2 aromatic heterocycles. The van der Waals surface area contributed by atoms with Crippen LogP contribution in [0.2, 0.25) is 0 Å². The Hall–Kier alpha value is -3.34. The first kappa shape index (κ1) is 23.3. The number of carbonyl (C=O) groups is 1. The molecule has 172 valence electrons. The molecule has 0 fully saturated rings. The predicted octanol–water partition coefficient (Wildman–Crippen LogP) is 3.19. The van der Waals surface area contributed by atoms with E-state index in [1.165, 1.54) is 17.0 Å². The number of halogens is 3. The van der Waals surface area contributed by atoms with Crippen LogP contribution in [0.4, 0.5) is 13.2 Å². The van der Waals surface area contributed by atoms with E-state index in [0.29, 0.717) is 6.04 Å². The number of methoxy groups -OCH3 is 1. The zero-order chi connectivity index (χ0) is 23.3. The van der Waals surface area contributed by atoms with Gasteiger partial charge in [-0.25, -0.2) is 9.48 Å². The maximum Gasteiger partial charge on any atom is 0.490 e. The number of fused-ring (bicyclic) bond motifs is 1. The van der Waals surface area contributed by atoms with Crippen molar-refractivity contribution >= 4 is 5.97 Å². The number of alkyl halides is 3. The molecule has 3 N–H and O–H groups in total. The molecular formula is C21H24F3N5O3. The summed E-state index contributed by atoms with van der Waals surface area (Å²) in [6.45, 7) is 2.87. The Bertz CT molecular complexity index is 1050. The maximum absolute atomic E-state index is 10.6. The van der Waals surface area contributed by atoms with Crippen molar-refractivity contribution in [1.82, 2.24) is 25.3 Å². The van der Waals surface area contributed by atoms with Gasteiger partial charge in [0.05, 0.1) is 18.5 Å². The topological polar surface area (TPSA) is 105 Å². The van der Waals surface area contributed by atoms with E-state index in [0.717, 1.165) is 42.8 Å². The number of nitrogens with zero attached hydrogens (tertiary/aromatic N) is 3. The summed E-state index contributed by atoms with van der Waals surface area (Å²) in [5.74, 6) is -1.85. The number of rotatable bonds is 5. The molecule has 0 bridgehead atoms. The van der Waals surface area contributed by atoms with Gasteiger partial charge < -0.3 is 15.2 Å². The first-order valence-electron chi connectivity index (χ1n) is 9.92. The summed E-state index contributed by atoms with van der Waals surface area (Å²) in [6, 6.07) is 8.55. The molecule has 1 aliphatic rings. The number of carboxylic acid groups (broad SMARTS) is 1. The van der Waals surface area contributed by atoms with Gasteiger partial charge in [0.1, 0.15) is 5.75 Å². The van der Waals surface area contributed by atoms with Crippen LogP contribution < -0.4 is 10.1 Å². The second kappa shape index (κ2) is 9.86. The Kier molecular flexibility index (Phi) is 7.18. The summed E-state index contributed by atoms with van der Waals surface area (Å²) in [5, 5.41) is 22.6. The maximum atomic E-state index is 10.6. The van der Waals surface area contributed by atoms with Crippen molar-refractivity contribution in [2.24, 2.45) is 0 Å². The van der Waals surface area contributed by atoms with Crippen LogP contribution in [0, 0.1) is 6.92 Å². The third-order valence-corrected chi connectivity index (χ3v) is 5.20. The smallest absolute Gasteiger partial charge is 0.490 e. The number of hydrogen-bond donors (Lipinski definition) is 3. The van der Waals surface area contributed by atoms with Gasteiger partial charge in [0.25, 0.3) is 0 Å². The van der Waals surface area contributed by atoms with Crippen LogP contribution in [0.1, 0.15) is 28.9 Å². The standard InChI is InChI=1S/C19H23N5O.C2HF3O2/c1-13-17-11-15(4-6-18(17)23-22-13)20-12-14-10-16(5-7-19(14)25-2)24-9-3-8-21-24;3-2(4,5)1(6)7/h3,5,7-10,15,20H,4,6,11-12H2,1-2H3,(H,22,23);(H,6,7). The Labute approximate surface area is 182 Å². The summed E-state index contributed by atoms with van der Waals surface area (Å²) in [6.07, 6.45) is 1.82. The molecule has 0 saturated carbocycles. The second-order valence-corrected chi connectivity index (χ2v) is 7.34. The molecule has 1 aromatic carbocycles. The van der Waals surface area contributed by atoms with E-state index in [9.17, 15) is 13.2 Å². The van der Waals surface area contributed by atoms with Crippen LogP contribution in [0.25, 0.3) is 5.69 Å². The third-order valence-electron chi connectivity index (χ3n) is 5.20. The van der Waals surface area contributed by atoms with Crippen LogP contribution in [0.5, 0.6) is 5.75 Å². The monoisotopic (exact) mass is 451 g/mol. The van der Waals surface area contributed by atoms with Gasteiger partial charge in [-0.2, -0.15) is 23.4 Å². The third kappa shape index (κ3) is 5.67. The van der Waals surface area contributed by atoms with Crippen LogP contribution in [-0.4, -0.2) is 50.4 Å². The van der Waals surface area contributed by atoms with Crippen LogP contribution >= 0.6 is 0 Å². The Morgan fingerprint density at radius 1 is 1.41 bits per heavy atom. The van der Waals surface area contributed by atoms with Gasteiger partial charge in [-0.3, -0.25) is 5.10 Å². The van der Waals surface area contributed by atoms with Crippen molar-refractivity contribution < 1.29 is 27.8 Å². The minimum Gasteiger partial charge on any atom is -0.496 e. The largest absolute Gasteiger partial charge is 0.496 e. The van der Waals surface area contributed by atoms with Crippen LogP contribution in [-0.2, 0) is 24.2 Å². The van der Waals surface area contributed by atoms with Gasteiger partial charge in [-0.15, -0.1) is 0 Å². The van der Waals surface area contributed by atoms with Gasteiger partial charge in [-0.05, 0) is 56.0 Å². The highest BCUT2D eigenvalue weighted by Gasteiger charge is 2.38. The lowest BCUT2D eigenvalue weighted by Crippen LogP contribution is -2.34. The number of ether oxygens (including phenoxy) is 1. The fraction of sp³-hybridized carbons (Fsp3) is 0.381. The van der Waals surface area contributed by atoms with Gasteiger partial charge >= 0.3 is 12.1 Å². The summed E-state index contributed by atoms with van der Waals surface area (Å²) in [4.78, 5) is 8.90. The molecule has 0 aliphatic heterocycles. The fourth-order valence-electron chi connectivity index (χ4n) is 3.54. The number of aryl methyl sites for hydroxylation is 2. The zero-order valence-electron chi connectivity index (χ0n) is 17.6. The summed E-state index contributed by atoms with van der Waals surface area (Å²) in [5.41, 5.74) is 5.99. The van der Waals surface area contributed by atoms with Crippen molar-refractivity contribution in [2.75, 3.05) is 7.11 Å². The lowest BCUT2D eigenvalue weighted by atomic mass is 9.91. The number of nitrogens with one attached hydrogen (secondary N) is 2. The molecule has 32 heavy (non-hydrogen) atoms. The molecular weight excluding hydrogens is 427 g/mol. The van der Waals surface area contributed by atoms with E-state index in [2.05, 4.69) is 33.6 Å². The molecule has 0 radical (unpaired) electrons. The number of aromatic amines is 1. The molecule has 4 rings (SSSR count). The van der Waals surface area contributed by atoms with Crippen molar-refractivity contribution in [1.29, 1.82) is 0 Å². The second-order valence-electron chi connectivity index (χ2n) is 7.34. The molecule has 1 atom stereocenters. The number of carboxylic acids is 1. The van der Waals surface area contributed by atoms with Crippen molar-refractivity contribution in [3.05, 3.63) is 59.2 Å². The molecule has 8 nitrogen and oxygen atoms in total.